The van der Waals surface area contributed by atoms with Crippen molar-refractivity contribution in [3.8, 4) is 11.3 Å². The predicted octanol–water partition coefficient (Wildman–Crippen LogP) is 14.4. The second-order valence-corrected chi connectivity index (χ2v) is 15.4. The molecule has 0 N–H and O–H groups in total. The lowest BCUT2D eigenvalue weighted by atomic mass is 10.0. The number of thiophene rings is 2. The molecule has 0 saturated heterocycles. The summed E-state index contributed by atoms with van der Waals surface area (Å²) in [6, 6.07) is 59.9. The molecule has 0 bridgehead atoms. The Morgan fingerprint density at radius 2 is 0.882 bits per heavy atom. The van der Waals surface area contributed by atoms with Crippen molar-refractivity contribution in [1.82, 2.24) is 4.98 Å². The van der Waals surface area contributed by atoms with Crippen LogP contribution in [-0.2, 0) is 0 Å². The van der Waals surface area contributed by atoms with E-state index in [1.165, 1.54) is 67.3 Å². The van der Waals surface area contributed by atoms with Crippen LogP contribution in [0.1, 0.15) is 0 Å². The molecular weight excluding hydrogens is 657 g/mol. The van der Waals surface area contributed by atoms with Gasteiger partial charge in [0.2, 0.25) is 0 Å². The van der Waals surface area contributed by atoms with E-state index in [2.05, 4.69) is 169 Å². The van der Waals surface area contributed by atoms with E-state index in [0.29, 0.717) is 0 Å². The van der Waals surface area contributed by atoms with Gasteiger partial charge in [-0.25, -0.2) is 0 Å². The van der Waals surface area contributed by atoms with Crippen LogP contribution in [0.2, 0.25) is 0 Å². The van der Waals surface area contributed by atoms with Crippen molar-refractivity contribution < 1.29 is 0 Å². The van der Waals surface area contributed by atoms with Crippen LogP contribution in [0.4, 0.5) is 17.1 Å². The van der Waals surface area contributed by atoms with Gasteiger partial charge < -0.3 is 4.90 Å². The Balaban J connectivity index is 1.09. The molecule has 2 nitrogen and oxygen atoms in total. The molecule has 11 aromatic rings. The van der Waals surface area contributed by atoms with Crippen LogP contribution in [0.3, 0.4) is 0 Å². The Morgan fingerprint density at radius 1 is 0.373 bits per heavy atom. The summed E-state index contributed by atoms with van der Waals surface area (Å²) in [4.78, 5) is 7.21. The molecule has 3 aromatic heterocycles. The molecule has 238 valence electrons. The van der Waals surface area contributed by atoms with E-state index in [-0.39, 0.29) is 0 Å². The van der Waals surface area contributed by atoms with Gasteiger partial charge in [0.25, 0.3) is 0 Å². The highest BCUT2D eigenvalue weighted by atomic mass is 32.1. The van der Waals surface area contributed by atoms with Crippen LogP contribution in [0.15, 0.2) is 170 Å². The number of fused-ring (bicyclic) bond motifs is 11. The third-order valence-electron chi connectivity index (χ3n) is 10.3. The summed E-state index contributed by atoms with van der Waals surface area (Å²) in [7, 11) is 0. The maximum atomic E-state index is 4.81. The Labute approximate surface area is 302 Å². The van der Waals surface area contributed by atoms with E-state index >= 15 is 0 Å². The van der Waals surface area contributed by atoms with Gasteiger partial charge in [-0.1, -0.05) is 109 Å². The van der Waals surface area contributed by atoms with Gasteiger partial charge in [0.1, 0.15) is 0 Å². The number of nitrogens with zero attached hydrogens (tertiary/aromatic N) is 2. The number of rotatable bonds is 4. The molecule has 0 atom stereocenters. The SMILES string of the molecule is c1ccc2cc(-c3ccc(N(c4ccc5c(c4)sc4ccc6ccccc6c45)c4ccc5c(c4)sc4ccc6ccccc6c45)cc3)ncc2c1. The summed E-state index contributed by atoms with van der Waals surface area (Å²) in [6.45, 7) is 0. The van der Waals surface area contributed by atoms with Crippen LogP contribution >= 0.6 is 22.7 Å². The highest BCUT2D eigenvalue weighted by Gasteiger charge is 2.18. The molecule has 11 rings (SSSR count). The standard InChI is InChI=1S/C47H28N2S2/c1-2-10-33-28-48-41(25-32(33)9-1)31-13-17-34(18-14-31)49(35-19-21-39-44(26-35)50-42-23-15-29-7-3-5-11-37(29)46(39)42)36-20-22-40-45(27-36)51-43-24-16-30-8-4-6-12-38(30)47(40)43/h1-28H. The number of hydrogen-bond donors (Lipinski definition) is 0. The highest BCUT2D eigenvalue weighted by Crippen LogP contribution is 2.45. The summed E-state index contributed by atoms with van der Waals surface area (Å²) in [5.74, 6) is 0. The molecule has 0 amide bonds. The van der Waals surface area contributed by atoms with Gasteiger partial charge in [0.05, 0.1) is 5.69 Å². The Bertz CT molecular complexity index is 3000. The molecule has 0 unspecified atom stereocenters. The minimum absolute atomic E-state index is 0.977. The molecule has 0 aliphatic heterocycles. The van der Waals surface area contributed by atoms with E-state index in [9.17, 15) is 0 Å². The minimum Gasteiger partial charge on any atom is -0.310 e. The van der Waals surface area contributed by atoms with Crippen LogP contribution < -0.4 is 4.90 Å². The van der Waals surface area contributed by atoms with E-state index in [1.54, 1.807) is 0 Å². The van der Waals surface area contributed by atoms with Gasteiger partial charge in [-0.3, -0.25) is 4.98 Å². The molecule has 8 aromatic carbocycles. The third kappa shape index (κ3) is 4.58. The molecule has 0 spiro atoms. The average molecular weight is 685 g/mol. The Kier molecular flexibility index (Phi) is 6.32. The topological polar surface area (TPSA) is 16.1 Å². The molecule has 0 radical (unpaired) electrons. The fourth-order valence-corrected chi connectivity index (χ4v) is 10.1. The highest BCUT2D eigenvalue weighted by molar-refractivity contribution is 7.26. The van der Waals surface area contributed by atoms with Crippen LogP contribution in [0.5, 0.6) is 0 Å². The van der Waals surface area contributed by atoms with Crippen molar-refractivity contribution in [1.29, 1.82) is 0 Å². The molecule has 3 heterocycles. The molecular formula is C47H28N2S2. The summed E-state index contributed by atoms with van der Waals surface area (Å²) in [5.41, 5.74) is 5.46. The molecule has 0 fully saturated rings. The van der Waals surface area contributed by atoms with Crippen molar-refractivity contribution >= 4 is 112 Å². The number of aromatic nitrogens is 1. The Morgan fingerprint density at radius 3 is 1.47 bits per heavy atom. The van der Waals surface area contributed by atoms with Gasteiger partial charge in [-0.15, -0.1) is 22.7 Å². The quantitative estimate of drug-likeness (QED) is 0.183. The van der Waals surface area contributed by atoms with Gasteiger partial charge in [0, 0.05) is 74.6 Å². The zero-order valence-corrected chi connectivity index (χ0v) is 29.0. The first kappa shape index (κ1) is 28.7. The third-order valence-corrected chi connectivity index (χ3v) is 12.5. The maximum Gasteiger partial charge on any atom is 0.0708 e. The molecule has 0 aliphatic carbocycles. The minimum atomic E-state index is 0.977. The van der Waals surface area contributed by atoms with Crippen molar-refractivity contribution in [2.24, 2.45) is 0 Å². The number of hydrogen-bond acceptors (Lipinski definition) is 4. The first-order valence-corrected chi connectivity index (χ1v) is 18.8. The lowest BCUT2D eigenvalue weighted by Crippen LogP contribution is -2.09. The lowest BCUT2D eigenvalue weighted by molar-refractivity contribution is 1.29. The largest absolute Gasteiger partial charge is 0.310 e. The first-order chi connectivity index (χ1) is 25.2. The number of anilines is 3. The number of pyridine rings is 1. The van der Waals surface area contributed by atoms with Crippen molar-refractivity contribution in [3.05, 3.63) is 170 Å². The number of benzene rings is 8. The lowest BCUT2D eigenvalue weighted by Gasteiger charge is -2.26. The van der Waals surface area contributed by atoms with Crippen LogP contribution in [-0.4, -0.2) is 4.98 Å². The Hall–Kier alpha value is -6.07. The fraction of sp³-hybridized carbons (Fsp3) is 0. The van der Waals surface area contributed by atoms with E-state index < -0.39 is 0 Å². The van der Waals surface area contributed by atoms with Gasteiger partial charge in [-0.05, 0) is 81.5 Å². The monoisotopic (exact) mass is 684 g/mol. The van der Waals surface area contributed by atoms with E-state index in [0.717, 1.165) is 33.7 Å². The summed E-state index contributed by atoms with van der Waals surface area (Å²) >= 11 is 3.75. The van der Waals surface area contributed by atoms with Crippen molar-refractivity contribution in [2.75, 3.05) is 4.90 Å². The first-order valence-electron chi connectivity index (χ1n) is 17.2. The predicted molar refractivity (Wildman–Crippen MR) is 223 cm³/mol. The summed E-state index contributed by atoms with van der Waals surface area (Å²) < 4.78 is 5.21. The summed E-state index contributed by atoms with van der Waals surface area (Å²) in [6.07, 6.45) is 1.97. The van der Waals surface area contributed by atoms with Crippen molar-refractivity contribution in [3.63, 3.8) is 0 Å². The second-order valence-electron chi connectivity index (χ2n) is 13.2. The molecule has 51 heavy (non-hydrogen) atoms. The average Bonchev–Trinajstić information content (AvgIpc) is 3.76. The van der Waals surface area contributed by atoms with Crippen molar-refractivity contribution in [2.45, 2.75) is 0 Å². The fourth-order valence-electron chi connectivity index (χ4n) is 7.82. The van der Waals surface area contributed by atoms with E-state index in [4.69, 9.17) is 4.98 Å². The molecule has 0 saturated carbocycles. The van der Waals surface area contributed by atoms with Crippen LogP contribution in [0, 0.1) is 0 Å². The zero-order chi connectivity index (χ0) is 33.5. The normalized spacial score (nSPS) is 11.9. The van der Waals surface area contributed by atoms with Gasteiger partial charge >= 0.3 is 0 Å². The molecule has 0 aliphatic rings. The zero-order valence-electron chi connectivity index (χ0n) is 27.4. The van der Waals surface area contributed by atoms with Crippen LogP contribution in [0.25, 0.3) is 83.9 Å². The smallest absolute Gasteiger partial charge is 0.0708 e. The van der Waals surface area contributed by atoms with Gasteiger partial charge in [0.15, 0.2) is 0 Å². The molecule has 4 heteroatoms. The second kappa shape index (κ2) is 11.2. The summed E-state index contributed by atoms with van der Waals surface area (Å²) in [5, 5.41) is 12.8. The van der Waals surface area contributed by atoms with E-state index in [1.807, 2.05) is 28.9 Å². The van der Waals surface area contributed by atoms with Gasteiger partial charge in [-0.2, -0.15) is 0 Å². The maximum absolute atomic E-state index is 4.81.